The van der Waals surface area contributed by atoms with Gasteiger partial charge in [0.25, 0.3) is 0 Å². The van der Waals surface area contributed by atoms with E-state index in [0.717, 1.165) is 37.6 Å². The number of aryl methyl sites for hydroxylation is 4. The molecule has 0 aliphatic carbocycles. The van der Waals surface area contributed by atoms with Crippen LogP contribution in [0.25, 0.3) is 21.2 Å². The molecule has 3 heterocycles. The van der Waals surface area contributed by atoms with Gasteiger partial charge in [-0.1, -0.05) is 11.6 Å². The summed E-state index contributed by atoms with van der Waals surface area (Å²) < 4.78 is 5.35. The van der Waals surface area contributed by atoms with Gasteiger partial charge in [-0.3, -0.25) is 0 Å². The summed E-state index contributed by atoms with van der Waals surface area (Å²) in [5.74, 6) is 1.35. The molecule has 0 saturated carbocycles. The van der Waals surface area contributed by atoms with E-state index < -0.39 is 0 Å². The average Bonchev–Trinajstić information content (AvgIpc) is 2.88. The molecule has 0 bridgehead atoms. The third-order valence-electron chi connectivity index (χ3n) is 4.58. The van der Waals surface area contributed by atoms with Crippen LogP contribution in [0.4, 0.5) is 0 Å². The summed E-state index contributed by atoms with van der Waals surface area (Å²) in [4.78, 5) is 23.5. The molecule has 0 spiro atoms. The molecule has 0 aliphatic heterocycles. The van der Waals surface area contributed by atoms with Crippen molar-refractivity contribution in [1.29, 1.82) is 0 Å². The summed E-state index contributed by atoms with van der Waals surface area (Å²) in [6, 6.07) is 5.22. The van der Waals surface area contributed by atoms with E-state index in [1.165, 1.54) is 16.5 Å². The van der Waals surface area contributed by atoms with E-state index in [0.29, 0.717) is 16.4 Å². The normalized spacial score (nSPS) is 11.6. The summed E-state index contributed by atoms with van der Waals surface area (Å²) in [5.41, 5.74) is 3.20. The molecule has 3 aromatic heterocycles. The minimum absolute atomic E-state index is 0.355. The highest BCUT2D eigenvalue weighted by Crippen LogP contribution is 2.37. The van der Waals surface area contributed by atoms with Crippen molar-refractivity contribution >= 4 is 55.9 Å². The van der Waals surface area contributed by atoms with Gasteiger partial charge in [0.2, 0.25) is 0 Å². The van der Waals surface area contributed by atoms with Crippen molar-refractivity contribution in [2.45, 2.75) is 38.5 Å². The molecule has 138 valence electrons. The van der Waals surface area contributed by atoms with Gasteiger partial charge in [0.05, 0.1) is 0 Å². The van der Waals surface area contributed by atoms with Gasteiger partial charge < -0.3 is 4.42 Å². The lowest BCUT2D eigenvalue weighted by Gasteiger charge is -2.08. The molecule has 0 amide bonds. The fourth-order valence-corrected chi connectivity index (χ4v) is 5.46. The number of benzene rings is 1. The Kier molecular flexibility index (Phi) is 4.74. The Morgan fingerprint density at radius 2 is 1.93 bits per heavy atom. The first-order chi connectivity index (χ1) is 12.8. The molecule has 0 atom stereocenters. The van der Waals surface area contributed by atoms with Crippen molar-refractivity contribution < 1.29 is 4.42 Å². The zero-order valence-corrected chi connectivity index (χ0v) is 17.7. The van der Waals surface area contributed by atoms with E-state index in [-0.39, 0.29) is 5.63 Å². The molecular formula is C20H17ClN2O2S2. The molecule has 0 N–H and O–H groups in total. The Morgan fingerprint density at radius 1 is 1.15 bits per heavy atom. The molecule has 0 fully saturated rings. The molecule has 7 heteroatoms. The van der Waals surface area contributed by atoms with Crippen LogP contribution < -0.4 is 5.63 Å². The highest BCUT2D eigenvalue weighted by molar-refractivity contribution is 7.98. The van der Waals surface area contributed by atoms with E-state index in [1.54, 1.807) is 23.1 Å². The molecule has 27 heavy (non-hydrogen) atoms. The van der Waals surface area contributed by atoms with Crippen LogP contribution in [0.2, 0.25) is 5.02 Å². The second-order valence-corrected chi connectivity index (χ2v) is 9.09. The summed E-state index contributed by atoms with van der Waals surface area (Å²) >= 11 is 9.59. The largest absolute Gasteiger partial charge is 0.423 e. The van der Waals surface area contributed by atoms with Crippen molar-refractivity contribution in [3.8, 4) is 0 Å². The third kappa shape index (κ3) is 3.37. The summed E-state index contributed by atoms with van der Waals surface area (Å²) in [7, 11) is 0. The molecule has 4 nitrogen and oxygen atoms in total. The first-order valence-corrected chi connectivity index (χ1v) is 10.6. The fraction of sp³-hybridized carbons (Fsp3) is 0.250. The summed E-state index contributed by atoms with van der Waals surface area (Å²) in [6.45, 7) is 8.01. The predicted octanol–water partition coefficient (Wildman–Crippen LogP) is 5.98. The van der Waals surface area contributed by atoms with Crippen molar-refractivity contribution in [1.82, 2.24) is 9.97 Å². The minimum atomic E-state index is -0.355. The van der Waals surface area contributed by atoms with E-state index in [4.69, 9.17) is 16.0 Å². The van der Waals surface area contributed by atoms with Crippen molar-refractivity contribution in [3.63, 3.8) is 0 Å². The van der Waals surface area contributed by atoms with Crippen LogP contribution in [0.3, 0.4) is 0 Å². The van der Waals surface area contributed by atoms with Crippen molar-refractivity contribution in [2.75, 3.05) is 0 Å². The van der Waals surface area contributed by atoms with Gasteiger partial charge in [0.1, 0.15) is 21.3 Å². The number of fused-ring (bicyclic) bond motifs is 2. The predicted molar refractivity (Wildman–Crippen MR) is 113 cm³/mol. The molecule has 4 rings (SSSR count). The van der Waals surface area contributed by atoms with E-state index >= 15 is 0 Å². The van der Waals surface area contributed by atoms with Gasteiger partial charge in [-0.05, 0) is 56.5 Å². The Morgan fingerprint density at radius 3 is 2.70 bits per heavy atom. The van der Waals surface area contributed by atoms with Gasteiger partial charge in [-0.25, -0.2) is 14.8 Å². The van der Waals surface area contributed by atoms with E-state index in [1.807, 2.05) is 26.0 Å². The molecule has 0 saturated heterocycles. The van der Waals surface area contributed by atoms with Crippen LogP contribution in [0, 0.1) is 27.7 Å². The first kappa shape index (κ1) is 18.5. The number of thiophene rings is 1. The zero-order valence-electron chi connectivity index (χ0n) is 15.3. The number of halogens is 1. The Labute approximate surface area is 169 Å². The lowest BCUT2D eigenvalue weighted by Crippen LogP contribution is -2.00. The second-order valence-electron chi connectivity index (χ2n) is 6.52. The fourth-order valence-electron chi connectivity index (χ4n) is 3.03. The number of hydrogen-bond acceptors (Lipinski definition) is 6. The van der Waals surface area contributed by atoms with Gasteiger partial charge in [0, 0.05) is 32.5 Å². The summed E-state index contributed by atoms with van der Waals surface area (Å²) in [6.07, 6.45) is 0. The number of hydrogen-bond donors (Lipinski definition) is 0. The second kappa shape index (κ2) is 6.93. The van der Waals surface area contributed by atoms with Crippen LogP contribution in [-0.2, 0) is 5.75 Å². The summed E-state index contributed by atoms with van der Waals surface area (Å²) in [5, 5.41) is 3.57. The maximum absolute atomic E-state index is 12.0. The topological polar surface area (TPSA) is 56.0 Å². The van der Waals surface area contributed by atoms with Gasteiger partial charge in [-0.15, -0.1) is 23.1 Å². The quantitative estimate of drug-likeness (QED) is 0.233. The molecule has 0 aliphatic rings. The molecule has 1 aromatic carbocycles. The van der Waals surface area contributed by atoms with Crippen LogP contribution >= 0.6 is 34.7 Å². The SMILES string of the molecule is Cc1nc(SCc2cc(=O)oc3cc(C)c(Cl)cc23)c2c(C)c(C)sc2n1. The number of rotatable bonds is 3. The molecule has 4 aromatic rings. The van der Waals surface area contributed by atoms with Gasteiger partial charge in [-0.2, -0.15) is 0 Å². The minimum Gasteiger partial charge on any atom is -0.423 e. The zero-order chi connectivity index (χ0) is 19.3. The lowest BCUT2D eigenvalue weighted by atomic mass is 10.1. The average molecular weight is 417 g/mol. The maximum Gasteiger partial charge on any atom is 0.336 e. The lowest BCUT2D eigenvalue weighted by molar-refractivity contribution is 0.559. The number of aromatic nitrogens is 2. The van der Waals surface area contributed by atoms with Crippen molar-refractivity contribution in [2.24, 2.45) is 0 Å². The first-order valence-electron chi connectivity index (χ1n) is 8.43. The monoisotopic (exact) mass is 416 g/mol. The Balaban J connectivity index is 1.80. The van der Waals surface area contributed by atoms with Crippen LogP contribution in [0.5, 0.6) is 0 Å². The van der Waals surface area contributed by atoms with E-state index in [9.17, 15) is 4.79 Å². The standard InChI is InChI=1S/C20H17ClN2O2S2/c1-9-5-16-14(7-15(9)21)13(6-17(24)25-16)8-26-19-18-10(2)11(3)27-20(18)23-12(4)22-19/h5-7H,8H2,1-4H3. The van der Waals surface area contributed by atoms with Crippen LogP contribution in [0.15, 0.2) is 32.4 Å². The smallest absolute Gasteiger partial charge is 0.336 e. The highest BCUT2D eigenvalue weighted by Gasteiger charge is 2.15. The van der Waals surface area contributed by atoms with Crippen molar-refractivity contribution in [3.05, 3.63) is 61.0 Å². The Hall–Kier alpha value is -1.89. The van der Waals surface area contributed by atoms with Crippen LogP contribution in [-0.4, -0.2) is 9.97 Å². The molecule has 0 unspecified atom stereocenters. The third-order valence-corrected chi connectivity index (χ3v) is 7.11. The van der Waals surface area contributed by atoms with E-state index in [2.05, 4.69) is 23.8 Å². The number of thioether (sulfide) groups is 1. The van der Waals surface area contributed by atoms with Gasteiger partial charge >= 0.3 is 5.63 Å². The molecular weight excluding hydrogens is 400 g/mol. The maximum atomic E-state index is 12.0. The van der Waals surface area contributed by atoms with Crippen LogP contribution in [0.1, 0.15) is 27.4 Å². The Bertz CT molecular complexity index is 1260. The highest BCUT2D eigenvalue weighted by atomic mass is 35.5. The number of nitrogens with zero attached hydrogens (tertiary/aromatic N) is 2. The molecule has 0 radical (unpaired) electrons. The van der Waals surface area contributed by atoms with Gasteiger partial charge in [0.15, 0.2) is 0 Å².